The number of aliphatic imine (C=N–C) groups is 1. The quantitative estimate of drug-likeness (QED) is 0.366. The highest BCUT2D eigenvalue weighted by molar-refractivity contribution is 5.88. The van der Waals surface area contributed by atoms with Crippen LogP contribution in [0.25, 0.3) is 0 Å². The fraction of sp³-hybridized carbons (Fsp3) is 0.333. The van der Waals surface area contributed by atoms with E-state index in [0.717, 1.165) is 5.69 Å². The van der Waals surface area contributed by atoms with E-state index in [1.54, 1.807) is 7.11 Å². The molecule has 1 aromatic carbocycles. The molecule has 16 heavy (non-hydrogen) atoms. The summed E-state index contributed by atoms with van der Waals surface area (Å²) < 4.78 is 5.19. The molecule has 0 heterocycles. The highest BCUT2D eigenvalue weighted by atomic mass is 16.5. The first-order valence-electron chi connectivity index (χ1n) is 5.05. The van der Waals surface area contributed by atoms with Gasteiger partial charge in [0.2, 0.25) is 0 Å². The van der Waals surface area contributed by atoms with Gasteiger partial charge >= 0.3 is 0 Å². The van der Waals surface area contributed by atoms with E-state index >= 15 is 0 Å². The van der Waals surface area contributed by atoms with Crippen molar-refractivity contribution in [1.29, 1.82) is 5.26 Å². The van der Waals surface area contributed by atoms with E-state index in [-0.39, 0.29) is 5.92 Å². The van der Waals surface area contributed by atoms with Crippen LogP contribution in [0.2, 0.25) is 0 Å². The van der Waals surface area contributed by atoms with Crippen LogP contribution >= 0.6 is 0 Å². The normalized spacial score (nSPS) is 11.1. The Morgan fingerprint density at radius 3 is 2.69 bits per heavy atom. The molecule has 0 aromatic heterocycles. The molecule has 4 nitrogen and oxygen atoms in total. The number of nitrogens with zero attached hydrogens (tertiary/aromatic N) is 2. The van der Waals surface area contributed by atoms with Gasteiger partial charge in [-0.2, -0.15) is 5.26 Å². The molecule has 1 N–H and O–H groups in total. The number of ether oxygens (including phenoxy) is 1. The molecular weight excluding hydrogens is 202 g/mol. The summed E-state index contributed by atoms with van der Waals surface area (Å²) in [5.41, 5.74) is 0.719. The van der Waals surface area contributed by atoms with Crippen LogP contribution < -0.4 is 10.1 Å². The molecule has 0 saturated heterocycles. The van der Waals surface area contributed by atoms with Gasteiger partial charge in [-0.15, -0.1) is 0 Å². The predicted molar refractivity (Wildman–Crippen MR) is 63.7 cm³/mol. The van der Waals surface area contributed by atoms with Crippen LogP contribution in [-0.2, 0) is 0 Å². The Morgan fingerprint density at radius 2 is 2.12 bits per heavy atom. The van der Waals surface area contributed by atoms with Crippen LogP contribution in [0, 0.1) is 17.4 Å². The number of hydrogen-bond acceptors (Lipinski definition) is 3. The van der Waals surface area contributed by atoms with Crippen molar-refractivity contribution < 1.29 is 4.74 Å². The first-order valence-corrected chi connectivity index (χ1v) is 5.05. The third-order valence-corrected chi connectivity index (χ3v) is 2.06. The van der Waals surface area contributed by atoms with Crippen molar-refractivity contribution in [2.45, 2.75) is 13.8 Å². The second-order valence-electron chi connectivity index (χ2n) is 3.56. The Hall–Kier alpha value is -2.02. The van der Waals surface area contributed by atoms with Gasteiger partial charge in [0, 0.05) is 5.92 Å². The van der Waals surface area contributed by atoms with Crippen LogP contribution in [-0.4, -0.2) is 12.9 Å². The summed E-state index contributed by atoms with van der Waals surface area (Å²) in [6.45, 7) is 3.94. The Balaban J connectivity index is 3.08. The third-order valence-electron chi connectivity index (χ3n) is 2.06. The van der Waals surface area contributed by atoms with Gasteiger partial charge in [0.25, 0.3) is 0 Å². The molecular formula is C12H15N3O. The molecule has 0 unspecified atom stereocenters. The molecule has 1 rings (SSSR count). The van der Waals surface area contributed by atoms with Crippen LogP contribution in [0.4, 0.5) is 5.69 Å². The molecule has 4 heteroatoms. The minimum absolute atomic E-state index is 0.157. The molecule has 0 spiro atoms. The zero-order chi connectivity index (χ0) is 12.0. The van der Waals surface area contributed by atoms with Gasteiger partial charge in [-0.25, -0.2) is 4.99 Å². The third kappa shape index (κ3) is 2.99. The fourth-order valence-corrected chi connectivity index (χ4v) is 1.21. The van der Waals surface area contributed by atoms with Crippen molar-refractivity contribution in [3.8, 4) is 11.9 Å². The van der Waals surface area contributed by atoms with Crippen LogP contribution in [0.5, 0.6) is 5.75 Å². The van der Waals surface area contributed by atoms with Gasteiger partial charge in [-0.1, -0.05) is 26.0 Å². The summed E-state index contributed by atoms with van der Waals surface area (Å²) in [5.74, 6) is 1.48. The number of methoxy groups -OCH3 is 1. The summed E-state index contributed by atoms with van der Waals surface area (Å²) in [7, 11) is 1.60. The molecule has 0 saturated carbocycles. The molecule has 0 aliphatic carbocycles. The topological polar surface area (TPSA) is 57.4 Å². The minimum atomic E-state index is 0.157. The lowest BCUT2D eigenvalue weighted by molar-refractivity contribution is 0.416. The Labute approximate surface area is 95.6 Å². The average molecular weight is 217 g/mol. The average Bonchev–Trinajstić information content (AvgIpc) is 2.29. The number of para-hydroxylation sites is 2. The Morgan fingerprint density at radius 1 is 1.44 bits per heavy atom. The van der Waals surface area contributed by atoms with Gasteiger partial charge in [0.1, 0.15) is 17.3 Å². The van der Waals surface area contributed by atoms with Crippen LogP contribution in [0.15, 0.2) is 29.3 Å². The summed E-state index contributed by atoms with van der Waals surface area (Å²) >= 11 is 0. The number of nitriles is 1. The van der Waals surface area contributed by atoms with Gasteiger partial charge in [-0.3, -0.25) is 5.32 Å². The molecule has 0 radical (unpaired) electrons. The van der Waals surface area contributed by atoms with Crippen LogP contribution in [0.3, 0.4) is 0 Å². The lowest BCUT2D eigenvalue weighted by Crippen LogP contribution is -2.23. The largest absolute Gasteiger partial charge is 0.494 e. The number of hydrogen-bond donors (Lipinski definition) is 1. The van der Waals surface area contributed by atoms with E-state index < -0.39 is 0 Å². The van der Waals surface area contributed by atoms with Crippen molar-refractivity contribution >= 4 is 11.5 Å². The standard InChI is InChI=1S/C12H15N3O/c1-9(2)12(14-8-13)15-10-6-4-5-7-11(10)16-3/h4-7,9H,1-3H3,(H,14,15). The lowest BCUT2D eigenvalue weighted by Gasteiger charge is -2.09. The first kappa shape index (κ1) is 12.1. The summed E-state index contributed by atoms with van der Waals surface area (Å²) in [5, 5.41) is 11.2. The Bertz CT molecular complexity index is 419. The summed E-state index contributed by atoms with van der Waals surface area (Å²) in [6.07, 6.45) is 1.89. The zero-order valence-corrected chi connectivity index (χ0v) is 9.69. The fourth-order valence-electron chi connectivity index (χ4n) is 1.21. The van der Waals surface area contributed by atoms with E-state index in [9.17, 15) is 0 Å². The van der Waals surface area contributed by atoms with E-state index in [1.165, 1.54) is 0 Å². The smallest absolute Gasteiger partial charge is 0.182 e. The molecule has 0 aliphatic heterocycles. The first-order chi connectivity index (χ1) is 7.69. The number of benzene rings is 1. The van der Waals surface area contributed by atoms with E-state index in [0.29, 0.717) is 11.6 Å². The monoisotopic (exact) mass is 217 g/mol. The number of amidine groups is 1. The second kappa shape index (κ2) is 5.76. The number of nitrogens with one attached hydrogen (secondary N) is 1. The second-order valence-corrected chi connectivity index (χ2v) is 3.56. The van der Waals surface area contributed by atoms with Crippen molar-refractivity contribution in [2.75, 3.05) is 7.11 Å². The maximum atomic E-state index is 8.62. The predicted octanol–water partition coefficient (Wildman–Crippen LogP) is 2.45. The van der Waals surface area contributed by atoms with Crippen LogP contribution in [0.1, 0.15) is 13.8 Å². The van der Waals surface area contributed by atoms with E-state index in [2.05, 4.69) is 10.3 Å². The maximum absolute atomic E-state index is 8.62. The molecule has 0 fully saturated rings. The van der Waals surface area contributed by atoms with Crippen molar-refractivity contribution in [3.05, 3.63) is 24.3 Å². The molecule has 1 aromatic rings. The van der Waals surface area contributed by atoms with Gasteiger partial charge in [0.05, 0.1) is 7.11 Å². The highest BCUT2D eigenvalue weighted by Gasteiger charge is 2.06. The van der Waals surface area contributed by atoms with Crippen molar-refractivity contribution in [2.24, 2.45) is 10.9 Å². The number of rotatable bonds is 3. The molecule has 84 valence electrons. The lowest BCUT2D eigenvalue weighted by atomic mass is 10.2. The van der Waals surface area contributed by atoms with E-state index in [4.69, 9.17) is 10.00 Å². The van der Waals surface area contributed by atoms with Crippen molar-refractivity contribution in [1.82, 2.24) is 5.32 Å². The Kier molecular flexibility index (Phi) is 4.34. The van der Waals surface area contributed by atoms with Gasteiger partial charge in [-0.05, 0) is 12.1 Å². The maximum Gasteiger partial charge on any atom is 0.182 e. The SMILES string of the molecule is COc1ccccc1N=C(NC#N)C(C)C. The summed E-state index contributed by atoms with van der Waals surface area (Å²) in [6, 6.07) is 7.44. The van der Waals surface area contributed by atoms with E-state index in [1.807, 2.05) is 44.3 Å². The highest BCUT2D eigenvalue weighted by Crippen LogP contribution is 2.26. The minimum Gasteiger partial charge on any atom is -0.494 e. The summed E-state index contributed by atoms with van der Waals surface area (Å²) in [4.78, 5) is 4.38. The molecule has 0 bridgehead atoms. The molecule has 0 atom stereocenters. The van der Waals surface area contributed by atoms with Crippen molar-refractivity contribution in [3.63, 3.8) is 0 Å². The van der Waals surface area contributed by atoms with Gasteiger partial charge in [0.15, 0.2) is 6.19 Å². The molecule has 0 aliphatic rings. The van der Waals surface area contributed by atoms with Gasteiger partial charge < -0.3 is 4.74 Å². The zero-order valence-electron chi connectivity index (χ0n) is 9.69. The molecule has 0 amide bonds.